The fourth-order valence-corrected chi connectivity index (χ4v) is 5.87. The number of nitrogens with zero attached hydrogens (tertiary/aromatic N) is 4. The van der Waals surface area contributed by atoms with Gasteiger partial charge in [0, 0.05) is 5.56 Å². The number of para-hydroxylation sites is 1. The molecule has 6 rings (SSSR count). The highest BCUT2D eigenvalue weighted by molar-refractivity contribution is 6.07. The van der Waals surface area contributed by atoms with Crippen molar-refractivity contribution >= 4 is 23.5 Å². The Morgan fingerprint density at radius 2 is 1.47 bits per heavy atom. The molecular formula is C32H28N4O7. The predicted octanol–water partition coefficient (Wildman–Crippen LogP) is 3.29. The lowest BCUT2D eigenvalue weighted by molar-refractivity contribution is -0.178. The molecule has 1 unspecified atom stereocenters. The molecule has 11 nitrogen and oxygen atoms in total. The fraction of sp³-hybridized carbons (Fsp3) is 0.219. The summed E-state index contributed by atoms with van der Waals surface area (Å²) in [5.74, 6) is -1.16. The number of anilines is 1. The van der Waals surface area contributed by atoms with Crippen molar-refractivity contribution in [1.29, 1.82) is 0 Å². The maximum Gasteiger partial charge on any atom is 0.333 e. The number of esters is 1. The third kappa shape index (κ3) is 4.40. The first-order chi connectivity index (χ1) is 20.9. The normalized spacial score (nSPS) is 19.7. The maximum absolute atomic E-state index is 14.2. The van der Waals surface area contributed by atoms with E-state index in [1.807, 2.05) is 48.5 Å². The van der Waals surface area contributed by atoms with E-state index in [1.54, 1.807) is 36.4 Å². The van der Waals surface area contributed by atoms with E-state index in [4.69, 9.17) is 18.9 Å². The monoisotopic (exact) mass is 580 g/mol. The smallest absolute Gasteiger partial charge is 0.333 e. The van der Waals surface area contributed by atoms with E-state index in [1.165, 1.54) is 37.2 Å². The number of methoxy groups -OCH3 is 3. The summed E-state index contributed by atoms with van der Waals surface area (Å²) in [5.41, 5.74) is 0.994. The zero-order chi connectivity index (χ0) is 30.1. The topological polar surface area (TPSA) is 120 Å². The maximum atomic E-state index is 14.2. The van der Waals surface area contributed by atoms with Gasteiger partial charge in [0.05, 0.1) is 33.1 Å². The van der Waals surface area contributed by atoms with E-state index in [9.17, 15) is 14.4 Å². The van der Waals surface area contributed by atoms with Gasteiger partial charge in [-0.3, -0.25) is 14.5 Å². The number of carbonyl (C=O) groups is 3. The Balaban J connectivity index is 1.57. The first kappa shape index (κ1) is 27.7. The molecule has 2 amide bonds. The molecule has 0 saturated carbocycles. The van der Waals surface area contributed by atoms with Crippen molar-refractivity contribution in [2.75, 3.05) is 32.8 Å². The van der Waals surface area contributed by atoms with Crippen molar-refractivity contribution in [1.82, 2.24) is 14.9 Å². The molecule has 1 aromatic heterocycles. The van der Waals surface area contributed by atoms with E-state index < -0.39 is 35.5 Å². The van der Waals surface area contributed by atoms with Crippen LogP contribution in [0.5, 0.6) is 17.8 Å². The van der Waals surface area contributed by atoms with Gasteiger partial charge in [0.2, 0.25) is 23.8 Å². The third-order valence-corrected chi connectivity index (χ3v) is 7.74. The van der Waals surface area contributed by atoms with Gasteiger partial charge in [0.15, 0.2) is 6.04 Å². The SMILES string of the molecule is COC(=O)C(c1ccccc1)N1C(=O)CN2C(=O)[C@@H](Oc3nc(OC)cc(OC)n3)[C@]2(c2ccccc2)c2ccccc21. The number of ether oxygens (including phenoxy) is 4. The lowest BCUT2D eigenvalue weighted by Gasteiger charge is -2.55. The van der Waals surface area contributed by atoms with Crippen molar-refractivity contribution in [2.45, 2.75) is 17.7 Å². The predicted molar refractivity (Wildman–Crippen MR) is 154 cm³/mol. The Labute approximate surface area is 247 Å². The van der Waals surface area contributed by atoms with Crippen LogP contribution in [0, 0.1) is 0 Å². The highest BCUT2D eigenvalue weighted by atomic mass is 16.5. The van der Waals surface area contributed by atoms with Crippen LogP contribution in [0.15, 0.2) is 91.0 Å². The molecule has 2 aliphatic heterocycles. The van der Waals surface area contributed by atoms with Crippen molar-refractivity contribution in [2.24, 2.45) is 0 Å². The number of β-lactam (4-membered cyclic amide) rings is 1. The zero-order valence-corrected chi connectivity index (χ0v) is 23.7. The van der Waals surface area contributed by atoms with Crippen LogP contribution in [-0.4, -0.2) is 66.6 Å². The first-order valence-electron chi connectivity index (χ1n) is 13.5. The number of benzene rings is 3. The number of hydrogen-bond donors (Lipinski definition) is 0. The molecule has 0 radical (unpaired) electrons. The Morgan fingerprint density at radius 1 is 0.860 bits per heavy atom. The van der Waals surface area contributed by atoms with E-state index in [0.717, 1.165) is 0 Å². The minimum atomic E-state index is -1.28. The summed E-state index contributed by atoms with van der Waals surface area (Å²) in [4.78, 5) is 52.9. The van der Waals surface area contributed by atoms with Crippen LogP contribution < -0.4 is 19.1 Å². The summed E-state index contributed by atoms with van der Waals surface area (Å²) >= 11 is 0. The van der Waals surface area contributed by atoms with Crippen LogP contribution in [0.2, 0.25) is 0 Å². The summed E-state index contributed by atoms with van der Waals surface area (Å²) in [7, 11) is 4.17. The van der Waals surface area contributed by atoms with Crippen LogP contribution in [-0.2, 0) is 24.7 Å². The number of aromatic nitrogens is 2. The second-order valence-corrected chi connectivity index (χ2v) is 9.91. The third-order valence-electron chi connectivity index (χ3n) is 7.74. The Morgan fingerprint density at radius 3 is 2.09 bits per heavy atom. The number of rotatable bonds is 8. The minimum absolute atomic E-state index is 0.133. The van der Waals surface area contributed by atoms with Crippen LogP contribution >= 0.6 is 0 Å². The van der Waals surface area contributed by atoms with Crippen molar-refractivity contribution in [3.05, 3.63) is 108 Å². The average Bonchev–Trinajstić information content (AvgIpc) is 3.15. The molecule has 0 spiro atoms. The molecule has 218 valence electrons. The van der Waals surface area contributed by atoms with Gasteiger partial charge >= 0.3 is 12.0 Å². The molecule has 0 bridgehead atoms. The quantitative estimate of drug-likeness (QED) is 0.228. The standard InChI is InChI=1S/C32H28N4O7/c1-40-24-18-25(41-2)34-31(33-24)43-28-29(38)35-19-26(37)36(27(30(39)42-3)20-12-6-4-7-13-20)23-17-11-10-16-22(23)32(28,35)21-14-8-5-9-15-21/h4-18,27-28H,19H2,1-3H3/t27?,28-,32+/m1/s1. The molecule has 3 aromatic carbocycles. The summed E-state index contributed by atoms with van der Waals surface area (Å²) in [6, 6.07) is 25.6. The van der Waals surface area contributed by atoms with Gasteiger partial charge in [-0.25, -0.2) is 4.79 Å². The van der Waals surface area contributed by atoms with E-state index in [-0.39, 0.29) is 24.3 Å². The molecule has 2 aliphatic rings. The lowest BCUT2D eigenvalue weighted by atomic mass is 9.69. The molecule has 3 atom stereocenters. The van der Waals surface area contributed by atoms with Crippen LogP contribution in [0.1, 0.15) is 22.7 Å². The zero-order valence-electron chi connectivity index (χ0n) is 23.7. The molecular weight excluding hydrogens is 552 g/mol. The molecule has 3 heterocycles. The molecule has 43 heavy (non-hydrogen) atoms. The molecule has 1 saturated heterocycles. The molecule has 0 aliphatic carbocycles. The van der Waals surface area contributed by atoms with Gasteiger partial charge in [-0.2, -0.15) is 9.97 Å². The fourth-order valence-electron chi connectivity index (χ4n) is 5.87. The van der Waals surface area contributed by atoms with E-state index in [0.29, 0.717) is 22.4 Å². The van der Waals surface area contributed by atoms with Gasteiger partial charge in [0.1, 0.15) is 12.1 Å². The number of carbonyl (C=O) groups excluding carboxylic acids is 3. The van der Waals surface area contributed by atoms with Crippen molar-refractivity contribution < 1.29 is 33.3 Å². The summed E-state index contributed by atoms with van der Waals surface area (Å²) in [6.45, 7) is -0.328. The van der Waals surface area contributed by atoms with Gasteiger partial charge < -0.3 is 23.8 Å². The highest BCUT2D eigenvalue weighted by Gasteiger charge is 2.67. The van der Waals surface area contributed by atoms with Gasteiger partial charge in [0.25, 0.3) is 5.91 Å². The number of hydrogen-bond acceptors (Lipinski definition) is 9. The second-order valence-electron chi connectivity index (χ2n) is 9.91. The summed E-state index contributed by atoms with van der Waals surface area (Å²) in [5, 5.41) is 0. The van der Waals surface area contributed by atoms with Crippen molar-refractivity contribution in [3.63, 3.8) is 0 Å². The summed E-state index contributed by atoms with van der Waals surface area (Å²) in [6.07, 6.45) is -1.17. The Hall–Kier alpha value is -5.45. The minimum Gasteiger partial charge on any atom is -0.481 e. The molecule has 11 heteroatoms. The van der Waals surface area contributed by atoms with Gasteiger partial charge in [-0.1, -0.05) is 78.9 Å². The van der Waals surface area contributed by atoms with Gasteiger partial charge in [-0.15, -0.1) is 0 Å². The first-order valence-corrected chi connectivity index (χ1v) is 13.5. The van der Waals surface area contributed by atoms with Crippen molar-refractivity contribution in [3.8, 4) is 17.8 Å². The molecule has 1 fully saturated rings. The number of fused-ring (bicyclic) bond motifs is 3. The molecule has 4 aromatic rings. The van der Waals surface area contributed by atoms with Crippen LogP contribution in [0.3, 0.4) is 0 Å². The van der Waals surface area contributed by atoms with Gasteiger partial charge in [-0.05, 0) is 17.2 Å². The Kier molecular flexibility index (Phi) is 7.14. The highest BCUT2D eigenvalue weighted by Crippen LogP contribution is 2.53. The summed E-state index contributed by atoms with van der Waals surface area (Å²) < 4.78 is 22.0. The van der Waals surface area contributed by atoms with E-state index >= 15 is 0 Å². The largest absolute Gasteiger partial charge is 0.481 e. The van der Waals surface area contributed by atoms with Crippen LogP contribution in [0.25, 0.3) is 0 Å². The Bertz CT molecular complexity index is 1660. The lowest BCUT2D eigenvalue weighted by Crippen LogP contribution is -2.74. The van der Waals surface area contributed by atoms with Crippen LogP contribution in [0.4, 0.5) is 5.69 Å². The second kappa shape index (κ2) is 11.1. The van der Waals surface area contributed by atoms with E-state index in [2.05, 4.69) is 9.97 Å². The number of amides is 2. The average molecular weight is 581 g/mol. The molecule has 0 N–H and O–H groups in total.